The summed E-state index contributed by atoms with van der Waals surface area (Å²) in [5, 5.41) is 3.47. The zero-order valence-electron chi connectivity index (χ0n) is 12.8. The Balaban J connectivity index is 1.58. The number of likely N-dealkylation sites (tertiary alicyclic amines) is 1. The maximum atomic E-state index is 5.96. The second-order valence-corrected chi connectivity index (χ2v) is 5.96. The fourth-order valence-electron chi connectivity index (χ4n) is 2.72. The summed E-state index contributed by atoms with van der Waals surface area (Å²) in [5.41, 5.74) is 1.21. The van der Waals surface area contributed by atoms with E-state index in [-0.39, 0.29) is 0 Å². The second kappa shape index (κ2) is 6.83. The molecule has 0 unspecified atom stereocenters. The van der Waals surface area contributed by atoms with Crippen LogP contribution in [0.2, 0.25) is 0 Å². The van der Waals surface area contributed by atoms with Crippen LogP contribution in [0.3, 0.4) is 0 Å². The highest BCUT2D eigenvalue weighted by molar-refractivity contribution is 5.80. The van der Waals surface area contributed by atoms with Crippen molar-refractivity contribution in [1.82, 2.24) is 10.2 Å². The van der Waals surface area contributed by atoms with Gasteiger partial charge in [-0.25, -0.2) is 0 Å². The number of hydrogen-bond acceptors (Lipinski definition) is 2. The lowest BCUT2D eigenvalue weighted by molar-refractivity contribution is 0.296. The molecule has 4 heteroatoms. The SMILES string of the molecule is CN=C(NCc1ccccc1OCC1CC1)N1CCCC1. The summed E-state index contributed by atoms with van der Waals surface area (Å²) in [6.45, 7) is 3.85. The van der Waals surface area contributed by atoms with E-state index >= 15 is 0 Å². The Kier molecular flexibility index (Phi) is 4.63. The van der Waals surface area contributed by atoms with Gasteiger partial charge in [0, 0.05) is 32.2 Å². The molecular weight excluding hydrogens is 262 g/mol. The van der Waals surface area contributed by atoms with Crippen LogP contribution in [0, 0.1) is 5.92 Å². The maximum absolute atomic E-state index is 5.96. The second-order valence-electron chi connectivity index (χ2n) is 5.96. The van der Waals surface area contributed by atoms with Gasteiger partial charge in [0.05, 0.1) is 6.61 Å². The first-order valence-corrected chi connectivity index (χ1v) is 8.03. The third-order valence-corrected chi connectivity index (χ3v) is 4.20. The molecule has 0 bridgehead atoms. The number of rotatable bonds is 5. The van der Waals surface area contributed by atoms with Crippen molar-refractivity contribution >= 4 is 5.96 Å². The van der Waals surface area contributed by atoms with Gasteiger partial charge in [-0.05, 0) is 37.7 Å². The molecule has 1 saturated heterocycles. The molecule has 1 heterocycles. The molecule has 0 amide bonds. The fourth-order valence-corrected chi connectivity index (χ4v) is 2.72. The average Bonchev–Trinajstić information content (AvgIpc) is 3.20. The predicted molar refractivity (Wildman–Crippen MR) is 85.7 cm³/mol. The average molecular weight is 287 g/mol. The van der Waals surface area contributed by atoms with Crippen molar-refractivity contribution in [2.75, 3.05) is 26.7 Å². The van der Waals surface area contributed by atoms with E-state index in [1.165, 1.54) is 31.2 Å². The van der Waals surface area contributed by atoms with Crippen LogP contribution in [-0.2, 0) is 6.54 Å². The van der Waals surface area contributed by atoms with Gasteiger partial charge in [0.1, 0.15) is 5.75 Å². The summed E-state index contributed by atoms with van der Waals surface area (Å²) in [4.78, 5) is 6.72. The Morgan fingerprint density at radius 3 is 2.76 bits per heavy atom. The summed E-state index contributed by atoms with van der Waals surface area (Å²) in [5.74, 6) is 2.79. The summed E-state index contributed by atoms with van der Waals surface area (Å²) in [7, 11) is 1.86. The lowest BCUT2D eigenvalue weighted by Gasteiger charge is -2.21. The van der Waals surface area contributed by atoms with Crippen LogP contribution in [0.25, 0.3) is 0 Å². The maximum Gasteiger partial charge on any atom is 0.193 e. The van der Waals surface area contributed by atoms with Gasteiger partial charge in [0.25, 0.3) is 0 Å². The van der Waals surface area contributed by atoms with Crippen molar-refractivity contribution in [1.29, 1.82) is 0 Å². The Morgan fingerprint density at radius 2 is 2.05 bits per heavy atom. The van der Waals surface area contributed by atoms with E-state index in [9.17, 15) is 0 Å². The zero-order valence-corrected chi connectivity index (χ0v) is 12.8. The number of ether oxygens (including phenoxy) is 1. The number of nitrogens with zero attached hydrogens (tertiary/aromatic N) is 2. The molecule has 21 heavy (non-hydrogen) atoms. The van der Waals surface area contributed by atoms with E-state index in [0.717, 1.165) is 43.9 Å². The molecule has 114 valence electrons. The fraction of sp³-hybridized carbons (Fsp3) is 0.588. The van der Waals surface area contributed by atoms with Gasteiger partial charge in [-0.15, -0.1) is 0 Å². The lowest BCUT2D eigenvalue weighted by Crippen LogP contribution is -2.39. The van der Waals surface area contributed by atoms with E-state index in [0.29, 0.717) is 0 Å². The van der Waals surface area contributed by atoms with Crippen molar-refractivity contribution in [3.63, 3.8) is 0 Å². The van der Waals surface area contributed by atoms with Crippen molar-refractivity contribution in [3.8, 4) is 5.75 Å². The van der Waals surface area contributed by atoms with E-state index in [1.807, 2.05) is 13.1 Å². The van der Waals surface area contributed by atoms with Gasteiger partial charge in [0.15, 0.2) is 5.96 Å². The standard InChI is InChI=1S/C17H25N3O/c1-18-17(20-10-4-5-11-20)19-12-15-6-2-3-7-16(15)21-13-14-8-9-14/h2-3,6-7,14H,4-5,8-13H2,1H3,(H,18,19). The molecule has 0 atom stereocenters. The third-order valence-electron chi connectivity index (χ3n) is 4.20. The summed E-state index contributed by atoms with van der Waals surface area (Å²) < 4.78 is 5.96. The quantitative estimate of drug-likeness (QED) is 0.668. The van der Waals surface area contributed by atoms with E-state index in [2.05, 4.69) is 33.4 Å². The lowest BCUT2D eigenvalue weighted by atomic mass is 10.2. The normalized spacial score (nSPS) is 18.9. The summed E-state index contributed by atoms with van der Waals surface area (Å²) in [6.07, 6.45) is 5.17. The van der Waals surface area contributed by atoms with E-state index < -0.39 is 0 Å². The number of hydrogen-bond donors (Lipinski definition) is 1. The van der Waals surface area contributed by atoms with Gasteiger partial charge in [0.2, 0.25) is 0 Å². The first-order chi connectivity index (χ1) is 10.4. The summed E-state index contributed by atoms with van der Waals surface area (Å²) >= 11 is 0. The van der Waals surface area contributed by atoms with Gasteiger partial charge < -0.3 is 15.0 Å². The minimum atomic E-state index is 0.768. The topological polar surface area (TPSA) is 36.9 Å². The van der Waals surface area contributed by atoms with E-state index in [1.54, 1.807) is 0 Å². The van der Waals surface area contributed by atoms with Crippen LogP contribution >= 0.6 is 0 Å². The highest BCUT2D eigenvalue weighted by Crippen LogP contribution is 2.30. The Bertz CT molecular complexity index is 491. The van der Waals surface area contributed by atoms with Crippen LogP contribution in [0.4, 0.5) is 0 Å². The molecule has 0 spiro atoms. The highest BCUT2D eigenvalue weighted by Gasteiger charge is 2.22. The van der Waals surface area contributed by atoms with Gasteiger partial charge in [-0.1, -0.05) is 18.2 Å². The van der Waals surface area contributed by atoms with Crippen LogP contribution in [0.1, 0.15) is 31.2 Å². The molecule has 2 fully saturated rings. The Morgan fingerprint density at radius 1 is 1.29 bits per heavy atom. The third kappa shape index (κ3) is 3.90. The minimum Gasteiger partial charge on any atom is -0.493 e. The molecule has 1 aromatic carbocycles. The van der Waals surface area contributed by atoms with Crippen LogP contribution in [0.15, 0.2) is 29.3 Å². The molecule has 1 aliphatic heterocycles. The molecule has 1 aliphatic carbocycles. The Labute approximate surface area is 127 Å². The number of benzene rings is 1. The summed E-state index contributed by atoms with van der Waals surface area (Å²) in [6, 6.07) is 8.31. The van der Waals surface area contributed by atoms with E-state index in [4.69, 9.17) is 4.74 Å². The van der Waals surface area contributed by atoms with Crippen LogP contribution in [0.5, 0.6) is 5.75 Å². The molecular formula is C17H25N3O. The molecule has 1 saturated carbocycles. The number of para-hydroxylation sites is 1. The largest absolute Gasteiger partial charge is 0.493 e. The first-order valence-electron chi connectivity index (χ1n) is 8.03. The molecule has 0 radical (unpaired) electrons. The van der Waals surface area contributed by atoms with Crippen LogP contribution in [-0.4, -0.2) is 37.6 Å². The van der Waals surface area contributed by atoms with Crippen molar-refractivity contribution in [2.24, 2.45) is 10.9 Å². The molecule has 0 aromatic heterocycles. The van der Waals surface area contributed by atoms with Gasteiger partial charge in [-0.2, -0.15) is 0 Å². The molecule has 4 nitrogen and oxygen atoms in total. The highest BCUT2D eigenvalue weighted by atomic mass is 16.5. The predicted octanol–water partition coefficient (Wildman–Crippen LogP) is 2.65. The number of nitrogens with one attached hydrogen (secondary N) is 1. The number of guanidine groups is 1. The van der Waals surface area contributed by atoms with Crippen molar-refractivity contribution in [3.05, 3.63) is 29.8 Å². The van der Waals surface area contributed by atoms with Crippen molar-refractivity contribution < 1.29 is 4.74 Å². The van der Waals surface area contributed by atoms with Gasteiger partial charge in [-0.3, -0.25) is 4.99 Å². The van der Waals surface area contributed by atoms with Crippen molar-refractivity contribution in [2.45, 2.75) is 32.2 Å². The molecule has 1 N–H and O–H groups in total. The first kappa shape index (κ1) is 14.2. The molecule has 1 aromatic rings. The molecule has 2 aliphatic rings. The molecule has 3 rings (SSSR count). The van der Waals surface area contributed by atoms with Gasteiger partial charge >= 0.3 is 0 Å². The smallest absolute Gasteiger partial charge is 0.193 e. The number of aliphatic imine (C=N–C) groups is 1. The minimum absolute atomic E-state index is 0.768. The van der Waals surface area contributed by atoms with Crippen LogP contribution < -0.4 is 10.1 Å². The Hall–Kier alpha value is -1.71. The monoisotopic (exact) mass is 287 g/mol. The zero-order chi connectivity index (χ0) is 14.5.